The molecule has 6 heteroatoms. The zero-order chi connectivity index (χ0) is 19.7. The summed E-state index contributed by atoms with van der Waals surface area (Å²) in [4.78, 5) is 27.1. The van der Waals surface area contributed by atoms with E-state index in [1.807, 2.05) is 38.1 Å². The fourth-order valence-corrected chi connectivity index (χ4v) is 4.52. The first-order valence-electron chi connectivity index (χ1n) is 10.4. The van der Waals surface area contributed by atoms with Gasteiger partial charge in [0, 0.05) is 26.2 Å². The van der Waals surface area contributed by atoms with E-state index in [0.29, 0.717) is 0 Å². The van der Waals surface area contributed by atoms with Gasteiger partial charge in [-0.1, -0.05) is 12.1 Å². The molecule has 0 amide bonds. The second-order valence-corrected chi connectivity index (χ2v) is 8.55. The Bertz CT molecular complexity index is 861. The molecule has 2 saturated heterocycles. The van der Waals surface area contributed by atoms with Crippen LogP contribution in [0, 0.1) is 11.3 Å². The summed E-state index contributed by atoms with van der Waals surface area (Å²) in [5, 5.41) is 0. The van der Waals surface area contributed by atoms with Gasteiger partial charge in [0.1, 0.15) is 0 Å². The van der Waals surface area contributed by atoms with Crippen molar-refractivity contribution in [3.05, 3.63) is 24.3 Å². The van der Waals surface area contributed by atoms with Crippen LogP contribution in [0.3, 0.4) is 0 Å². The second-order valence-electron chi connectivity index (χ2n) is 8.55. The number of carbonyl (C=O) groups is 1. The Balaban J connectivity index is 1.70. The number of benzene rings is 1. The SMILES string of the molecule is COC(=O)C(C)(C)C1CCCN(c2nc3ccccc3nc2N2CCCC2)C1. The largest absolute Gasteiger partial charge is 0.469 e. The summed E-state index contributed by atoms with van der Waals surface area (Å²) in [7, 11) is 1.48. The highest BCUT2D eigenvalue weighted by Gasteiger charge is 2.41. The normalized spacial score (nSPS) is 20.6. The molecule has 0 bridgehead atoms. The topological polar surface area (TPSA) is 58.6 Å². The van der Waals surface area contributed by atoms with Crippen molar-refractivity contribution in [2.24, 2.45) is 11.3 Å². The van der Waals surface area contributed by atoms with E-state index in [1.54, 1.807) is 0 Å². The second kappa shape index (κ2) is 7.57. The summed E-state index contributed by atoms with van der Waals surface area (Å²) in [5.41, 5.74) is 1.36. The molecule has 2 fully saturated rings. The lowest BCUT2D eigenvalue weighted by atomic mass is 9.74. The summed E-state index contributed by atoms with van der Waals surface area (Å²) in [5.74, 6) is 2.05. The summed E-state index contributed by atoms with van der Waals surface area (Å²) in [6.45, 7) is 7.81. The molecule has 0 radical (unpaired) electrons. The molecule has 0 aliphatic carbocycles. The van der Waals surface area contributed by atoms with Crippen LogP contribution in [0.15, 0.2) is 24.3 Å². The van der Waals surface area contributed by atoms with E-state index in [-0.39, 0.29) is 11.9 Å². The van der Waals surface area contributed by atoms with E-state index in [0.717, 1.165) is 61.7 Å². The first-order chi connectivity index (χ1) is 13.5. The van der Waals surface area contributed by atoms with Crippen LogP contribution in [0.25, 0.3) is 11.0 Å². The Labute approximate surface area is 166 Å². The van der Waals surface area contributed by atoms with E-state index >= 15 is 0 Å². The molecule has 0 spiro atoms. The highest BCUT2D eigenvalue weighted by Crippen LogP contribution is 2.38. The van der Waals surface area contributed by atoms with Crippen LogP contribution in [0.5, 0.6) is 0 Å². The predicted molar refractivity (Wildman–Crippen MR) is 112 cm³/mol. The third kappa shape index (κ3) is 3.40. The Morgan fingerprint density at radius 3 is 2.18 bits per heavy atom. The molecule has 0 saturated carbocycles. The predicted octanol–water partition coefficient (Wildman–Crippen LogP) is 3.65. The van der Waals surface area contributed by atoms with Gasteiger partial charge in [-0.15, -0.1) is 0 Å². The van der Waals surface area contributed by atoms with Crippen LogP contribution in [0.4, 0.5) is 11.6 Å². The third-order valence-corrected chi connectivity index (χ3v) is 6.39. The van der Waals surface area contributed by atoms with Gasteiger partial charge in [0.15, 0.2) is 11.6 Å². The number of rotatable bonds is 4. The highest BCUT2D eigenvalue weighted by molar-refractivity contribution is 5.81. The molecule has 1 atom stereocenters. The number of aromatic nitrogens is 2. The molecular formula is C22H30N4O2. The average Bonchev–Trinajstić information content (AvgIpc) is 3.27. The maximum absolute atomic E-state index is 12.3. The fraction of sp³-hybridized carbons (Fsp3) is 0.591. The van der Waals surface area contributed by atoms with Crippen LogP contribution in [0.2, 0.25) is 0 Å². The first-order valence-corrected chi connectivity index (χ1v) is 10.4. The minimum absolute atomic E-state index is 0.135. The zero-order valence-electron chi connectivity index (χ0n) is 17.1. The first kappa shape index (κ1) is 19.0. The Hall–Kier alpha value is -2.37. The monoisotopic (exact) mass is 382 g/mol. The highest BCUT2D eigenvalue weighted by atomic mass is 16.5. The molecule has 1 aromatic carbocycles. The standard InChI is InChI=1S/C22H30N4O2/c1-22(2,21(27)28-3)16-9-8-14-26(15-16)20-19(25-12-6-7-13-25)23-17-10-4-5-11-18(17)24-20/h4-5,10-11,16H,6-9,12-15H2,1-3H3. The number of esters is 1. The van der Waals surface area contributed by atoms with Gasteiger partial charge in [-0.05, 0) is 57.6 Å². The lowest BCUT2D eigenvalue weighted by Gasteiger charge is -2.41. The van der Waals surface area contributed by atoms with Crippen molar-refractivity contribution < 1.29 is 9.53 Å². The zero-order valence-corrected chi connectivity index (χ0v) is 17.1. The molecule has 1 unspecified atom stereocenters. The Morgan fingerprint density at radius 1 is 1.00 bits per heavy atom. The summed E-state index contributed by atoms with van der Waals surface area (Å²) in [6, 6.07) is 8.08. The number of fused-ring (bicyclic) bond motifs is 1. The van der Waals surface area contributed by atoms with Crippen molar-refractivity contribution in [3.63, 3.8) is 0 Å². The van der Waals surface area contributed by atoms with Crippen LogP contribution >= 0.6 is 0 Å². The lowest BCUT2D eigenvalue weighted by Crippen LogP contribution is -2.46. The van der Waals surface area contributed by atoms with E-state index in [1.165, 1.54) is 20.0 Å². The summed E-state index contributed by atoms with van der Waals surface area (Å²) >= 11 is 0. The summed E-state index contributed by atoms with van der Waals surface area (Å²) in [6.07, 6.45) is 4.47. The van der Waals surface area contributed by atoms with Crippen molar-refractivity contribution in [2.75, 3.05) is 43.1 Å². The molecule has 1 aromatic heterocycles. The van der Waals surface area contributed by atoms with E-state index in [4.69, 9.17) is 14.7 Å². The third-order valence-electron chi connectivity index (χ3n) is 6.39. The molecule has 2 aromatic rings. The maximum atomic E-state index is 12.3. The number of ether oxygens (including phenoxy) is 1. The Morgan fingerprint density at radius 2 is 1.57 bits per heavy atom. The molecule has 28 heavy (non-hydrogen) atoms. The molecule has 2 aliphatic heterocycles. The number of methoxy groups -OCH3 is 1. The molecule has 150 valence electrons. The average molecular weight is 383 g/mol. The molecule has 2 aliphatic rings. The number of hydrogen-bond donors (Lipinski definition) is 0. The number of para-hydroxylation sites is 2. The van der Waals surface area contributed by atoms with Gasteiger partial charge in [0.25, 0.3) is 0 Å². The number of piperidine rings is 1. The smallest absolute Gasteiger partial charge is 0.311 e. The van der Waals surface area contributed by atoms with Gasteiger partial charge in [0.05, 0.1) is 23.6 Å². The molecule has 3 heterocycles. The van der Waals surface area contributed by atoms with Gasteiger partial charge in [-0.2, -0.15) is 0 Å². The van der Waals surface area contributed by atoms with E-state index < -0.39 is 5.41 Å². The van der Waals surface area contributed by atoms with Crippen molar-refractivity contribution >= 4 is 28.6 Å². The molecule has 0 N–H and O–H groups in total. The number of nitrogens with zero attached hydrogens (tertiary/aromatic N) is 4. The van der Waals surface area contributed by atoms with Gasteiger partial charge in [-0.25, -0.2) is 9.97 Å². The van der Waals surface area contributed by atoms with E-state index in [9.17, 15) is 4.79 Å². The molecular weight excluding hydrogens is 352 g/mol. The number of anilines is 2. The van der Waals surface area contributed by atoms with E-state index in [2.05, 4.69) is 9.80 Å². The lowest BCUT2D eigenvalue weighted by molar-refractivity contribution is -0.154. The molecule has 6 nitrogen and oxygen atoms in total. The maximum Gasteiger partial charge on any atom is 0.311 e. The van der Waals surface area contributed by atoms with Gasteiger partial charge in [-0.3, -0.25) is 4.79 Å². The molecule has 4 rings (SSSR count). The Kier molecular flexibility index (Phi) is 5.13. The quantitative estimate of drug-likeness (QED) is 0.753. The number of carbonyl (C=O) groups excluding carboxylic acids is 1. The van der Waals surface area contributed by atoms with Crippen LogP contribution in [0.1, 0.15) is 39.5 Å². The number of hydrogen-bond acceptors (Lipinski definition) is 6. The van der Waals surface area contributed by atoms with Crippen LogP contribution < -0.4 is 9.80 Å². The fourth-order valence-electron chi connectivity index (χ4n) is 4.52. The van der Waals surface area contributed by atoms with Gasteiger partial charge >= 0.3 is 5.97 Å². The van der Waals surface area contributed by atoms with Crippen molar-refractivity contribution in [2.45, 2.75) is 39.5 Å². The minimum atomic E-state index is -0.508. The minimum Gasteiger partial charge on any atom is -0.469 e. The van der Waals surface area contributed by atoms with Crippen molar-refractivity contribution in [3.8, 4) is 0 Å². The van der Waals surface area contributed by atoms with Crippen LogP contribution in [-0.4, -0.2) is 49.2 Å². The van der Waals surface area contributed by atoms with Crippen molar-refractivity contribution in [1.82, 2.24) is 9.97 Å². The van der Waals surface area contributed by atoms with Gasteiger partial charge < -0.3 is 14.5 Å². The van der Waals surface area contributed by atoms with Crippen molar-refractivity contribution in [1.29, 1.82) is 0 Å². The van der Waals surface area contributed by atoms with Gasteiger partial charge in [0.2, 0.25) is 0 Å². The summed E-state index contributed by atoms with van der Waals surface area (Å²) < 4.78 is 5.08. The van der Waals surface area contributed by atoms with Crippen LogP contribution in [-0.2, 0) is 9.53 Å².